The second-order valence-electron chi connectivity index (χ2n) is 6.83. The first kappa shape index (κ1) is 26.3. The summed E-state index contributed by atoms with van der Waals surface area (Å²) >= 11 is 0. The van der Waals surface area contributed by atoms with E-state index in [2.05, 4.69) is 21.8 Å². The average Bonchev–Trinajstić information content (AvgIpc) is 2.76. The molecule has 1 saturated heterocycles. The van der Waals surface area contributed by atoms with Crippen molar-refractivity contribution in [1.82, 2.24) is 15.4 Å². The van der Waals surface area contributed by atoms with Crippen molar-refractivity contribution in [3.63, 3.8) is 0 Å². The third-order valence-corrected chi connectivity index (χ3v) is 4.73. The number of aromatic nitrogens is 1. The summed E-state index contributed by atoms with van der Waals surface area (Å²) in [6, 6.07) is 12.9. The van der Waals surface area contributed by atoms with Crippen molar-refractivity contribution in [1.29, 1.82) is 0 Å². The highest BCUT2D eigenvalue weighted by Crippen LogP contribution is 2.17. The number of carbonyl (C=O) groups is 2. The van der Waals surface area contributed by atoms with E-state index in [0.29, 0.717) is 17.0 Å². The largest absolute Gasteiger partial charge is 0.369 e. The molecule has 31 heavy (non-hydrogen) atoms. The van der Waals surface area contributed by atoms with Gasteiger partial charge in [-0.3, -0.25) is 14.8 Å². The van der Waals surface area contributed by atoms with Crippen LogP contribution < -0.4 is 10.4 Å². The second kappa shape index (κ2) is 12.9. The topological polar surface area (TPSA) is 85.8 Å². The minimum absolute atomic E-state index is 0. The van der Waals surface area contributed by atoms with Gasteiger partial charge in [0.1, 0.15) is 0 Å². The summed E-state index contributed by atoms with van der Waals surface area (Å²) in [5.74, 6) is -0.736. The minimum Gasteiger partial charge on any atom is -0.369 e. The van der Waals surface area contributed by atoms with Crippen LogP contribution in [-0.4, -0.2) is 60.0 Å². The Hall–Kier alpha value is -2.71. The fourth-order valence-corrected chi connectivity index (χ4v) is 3.01. The molecule has 0 radical (unpaired) electrons. The maximum Gasteiger partial charge on any atom is 0.267 e. The molecule has 0 bridgehead atoms. The van der Waals surface area contributed by atoms with Gasteiger partial charge in [-0.25, -0.2) is 10.5 Å². The average molecular weight is 465 g/mol. The number of halogens is 2. The van der Waals surface area contributed by atoms with Gasteiger partial charge < -0.3 is 9.80 Å². The molecule has 1 amide bonds. The zero-order valence-electron chi connectivity index (χ0n) is 17.1. The van der Waals surface area contributed by atoms with Gasteiger partial charge in [-0.2, -0.15) is 0 Å². The standard InChI is InChI=1S/C22H24N4O3.2ClH/c1-25-13-15-26(16-14-25)20-9-5-17(6-10-20)21(27)11-7-18-3-2-4-19(23-18)8-12-22(28)24-29;;/h2-12,29H,13-16H2,1H3,(H,24,28);2*1H/b11-7+,12-8+;;. The number of pyridine rings is 1. The molecule has 0 unspecified atom stereocenters. The molecule has 3 rings (SSSR count). The van der Waals surface area contributed by atoms with Crippen molar-refractivity contribution in [3.8, 4) is 0 Å². The molecule has 0 spiro atoms. The van der Waals surface area contributed by atoms with Gasteiger partial charge in [0.15, 0.2) is 5.78 Å². The molecule has 1 aromatic heterocycles. The lowest BCUT2D eigenvalue weighted by Gasteiger charge is -2.34. The van der Waals surface area contributed by atoms with Crippen molar-refractivity contribution in [3.05, 3.63) is 71.6 Å². The van der Waals surface area contributed by atoms with Crippen LogP contribution >= 0.6 is 24.8 Å². The van der Waals surface area contributed by atoms with E-state index in [1.165, 1.54) is 23.7 Å². The number of benzene rings is 1. The quantitative estimate of drug-likeness (QED) is 0.295. The lowest BCUT2D eigenvalue weighted by atomic mass is 10.1. The Balaban J connectivity index is 0.00000240. The number of ketones is 1. The fraction of sp³-hybridized carbons (Fsp3) is 0.227. The Bertz CT molecular complexity index is 925. The van der Waals surface area contributed by atoms with E-state index in [-0.39, 0.29) is 30.6 Å². The Morgan fingerprint density at radius 1 is 0.935 bits per heavy atom. The molecule has 9 heteroatoms. The summed E-state index contributed by atoms with van der Waals surface area (Å²) in [4.78, 5) is 32.5. The van der Waals surface area contributed by atoms with Crippen LogP contribution in [0.1, 0.15) is 21.7 Å². The highest BCUT2D eigenvalue weighted by molar-refractivity contribution is 6.06. The second-order valence-corrected chi connectivity index (χ2v) is 6.83. The van der Waals surface area contributed by atoms with E-state index in [9.17, 15) is 9.59 Å². The number of amides is 1. The number of piperazine rings is 1. The van der Waals surface area contributed by atoms with Crippen LogP contribution in [0.5, 0.6) is 0 Å². The molecule has 1 aliphatic rings. The van der Waals surface area contributed by atoms with E-state index < -0.39 is 5.91 Å². The van der Waals surface area contributed by atoms with E-state index in [1.54, 1.807) is 24.3 Å². The predicted octanol–water partition coefficient (Wildman–Crippen LogP) is 3.09. The normalized spacial score (nSPS) is 14.2. The van der Waals surface area contributed by atoms with Crippen LogP contribution in [0.4, 0.5) is 5.69 Å². The maximum absolute atomic E-state index is 12.5. The van der Waals surface area contributed by atoms with Gasteiger partial charge in [-0.05, 0) is 61.7 Å². The summed E-state index contributed by atoms with van der Waals surface area (Å²) in [5.41, 5.74) is 4.41. The highest BCUT2D eigenvalue weighted by Gasteiger charge is 2.14. The van der Waals surface area contributed by atoms with Gasteiger partial charge in [-0.1, -0.05) is 6.07 Å². The van der Waals surface area contributed by atoms with Crippen molar-refractivity contribution in [2.75, 3.05) is 38.1 Å². The molecular weight excluding hydrogens is 439 g/mol. The monoisotopic (exact) mass is 464 g/mol. The zero-order chi connectivity index (χ0) is 20.6. The van der Waals surface area contributed by atoms with E-state index in [1.807, 2.05) is 24.3 Å². The molecule has 1 aromatic carbocycles. The van der Waals surface area contributed by atoms with Gasteiger partial charge >= 0.3 is 0 Å². The number of nitrogens with zero attached hydrogens (tertiary/aromatic N) is 3. The van der Waals surface area contributed by atoms with Gasteiger partial charge in [0.05, 0.1) is 11.4 Å². The molecule has 1 fully saturated rings. The number of nitrogens with one attached hydrogen (secondary N) is 1. The Kier molecular flexibility index (Phi) is 10.9. The van der Waals surface area contributed by atoms with Gasteiger partial charge in [0.25, 0.3) is 5.91 Å². The predicted molar refractivity (Wildman–Crippen MR) is 127 cm³/mol. The summed E-state index contributed by atoms with van der Waals surface area (Å²) in [7, 11) is 2.12. The highest BCUT2D eigenvalue weighted by atomic mass is 35.5. The third-order valence-electron chi connectivity index (χ3n) is 4.73. The molecule has 7 nitrogen and oxygen atoms in total. The molecule has 2 N–H and O–H groups in total. The number of allylic oxidation sites excluding steroid dienone is 1. The summed E-state index contributed by atoms with van der Waals surface area (Å²) in [6.45, 7) is 4.05. The van der Waals surface area contributed by atoms with Crippen LogP contribution in [-0.2, 0) is 4.79 Å². The number of carbonyl (C=O) groups excluding carboxylic acids is 2. The van der Waals surface area contributed by atoms with Gasteiger partial charge in [0.2, 0.25) is 0 Å². The summed E-state index contributed by atoms with van der Waals surface area (Å²) in [6.07, 6.45) is 5.77. The van der Waals surface area contributed by atoms with Gasteiger partial charge in [0, 0.05) is 43.5 Å². The third kappa shape index (κ3) is 7.80. The molecule has 166 valence electrons. The van der Waals surface area contributed by atoms with Crippen molar-refractivity contribution in [2.45, 2.75) is 0 Å². The number of hydroxylamine groups is 1. The first-order valence-corrected chi connectivity index (χ1v) is 9.40. The van der Waals surface area contributed by atoms with Crippen LogP contribution in [0.2, 0.25) is 0 Å². The molecule has 0 atom stereocenters. The number of rotatable bonds is 6. The van der Waals surface area contributed by atoms with Gasteiger partial charge in [-0.15, -0.1) is 24.8 Å². The smallest absolute Gasteiger partial charge is 0.267 e. The summed E-state index contributed by atoms with van der Waals surface area (Å²) in [5, 5.41) is 8.50. The first-order chi connectivity index (χ1) is 14.0. The van der Waals surface area contributed by atoms with Crippen molar-refractivity contribution in [2.24, 2.45) is 0 Å². The van der Waals surface area contributed by atoms with Crippen LogP contribution in [0.15, 0.2) is 54.6 Å². The molecule has 1 aliphatic heterocycles. The lowest BCUT2D eigenvalue weighted by Crippen LogP contribution is -2.44. The Labute approximate surface area is 194 Å². The molecule has 0 saturated carbocycles. The number of likely N-dealkylation sites (N-methyl/N-ethyl adjacent to an activating group) is 1. The van der Waals surface area contributed by atoms with E-state index >= 15 is 0 Å². The molecule has 2 aromatic rings. The summed E-state index contributed by atoms with van der Waals surface area (Å²) < 4.78 is 0. The lowest BCUT2D eigenvalue weighted by molar-refractivity contribution is -0.124. The molecule has 0 aliphatic carbocycles. The Morgan fingerprint density at radius 2 is 1.52 bits per heavy atom. The van der Waals surface area contributed by atoms with Crippen molar-refractivity contribution < 1.29 is 14.8 Å². The minimum atomic E-state index is -0.636. The van der Waals surface area contributed by atoms with E-state index in [4.69, 9.17) is 5.21 Å². The number of anilines is 1. The van der Waals surface area contributed by atoms with Crippen molar-refractivity contribution >= 4 is 54.3 Å². The maximum atomic E-state index is 12.5. The molecule has 2 heterocycles. The number of hydrogen-bond acceptors (Lipinski definition) is 6. The zero-order valence-corrected chi connectivity index (χ0v) is 18.7. The first-order valence-electron chi connectivity index (χ1n) is 9.40. The number of hydrogen-bond donors (Lipinski definition) is 2. The Morgan fingerprint density at radius 3 is 2.10 bits per heavy atom. The molecular formula is C22H26Cl2N4O3. The fourth-order valence-electron chi connectivity index (χ4n) is 3.01. The van der Waals surface area contributed by atoms with Crippen LogP contribution in [0.3, 0.4) is 0 Å². The SMILES string of the molecule is CN1CCN(c2ccc(C(=O)/C=C/c3cccc(/C=C/C(=O)NO)n3)cc2)CC1.Cl.Cl. The van der Waals surface area contributed by atoms with Crippen LogP contribution in [0, 0.1) is 0 Å². The van der Waals surface area contributed by atoms with Crippen LogP contribution in [0.25, 0.3) is 12.2 Å². The van der Waals surface area contributed by atoms with E-state index in [0.717, 1.165) is 31.9 Å².